The van der Waals surface area contributed by atoms with Crippen LogP contribution in [-0.4, -0.2) is 60.7 Å². The first-order chi connectivity index (χ1) is 15.7. The van der Waals surface area contributed by atoms with E-state index in [2.05, 4.69) is 10.3 Å². The Morgan fingerprint density at radius 1 is 1.03 bits per heavy atom. The monoisotopic (exact) mass is 521 g/mol. The molecule has 0 radical (unpaired) electrons. The number of halogens is 5. The highest BCUT2D eigenvalue weighted by atomic mass is 35.5. The molecule has 33 heavy (non-hydrogen) atoms. The van der Waals surface area contributed by atoms with Gasteiger partial charge in [0, 0.05) is 10.5 Å². The number of hydrogen-bond donors (Lipinski definition) is 3. The van der Waals surface area contributed by atoms with Crippen LogP contribution in [-0.2, 0) is 4.74 Å². The number of ether oxygens (including phenoxy) is 1. The molecule has 1 aliphatic rings. The van der Waals surface area contributed by atoms with Crippen molar-refractivity contribution < 1.29 is 33.2 Å². The Kier molecular flexibility index (Phi) is 7.20. The summed E-state index contributed by atoms with van der Waals surface area (Å²) >= 11 is 13.0. The molecule has 3 N–H and O–H groups in total. The van der Waals surface area contributed by atoms with Crippen LogP contribution < -0.4 is 0 Å². The van der Waals surface area contributed by atoms with Crippen LogP contribution in [0.2, 0.25) is 10.0 Å². The third kappa shape index (κ3) is 4.85. The molecule has 4 rings (SSSR count). The van der Waals surface area contributed by atoms with Gasteiger partial charge in [0.05, 0.1) is 22.8 Å². The lowest BCUT2D eigenvalue weighted by atomic mass is 9.97. The topological polar surface area (TPSA) is 101 Å². The van der Waals surface area contributed by atoms with Gasteiger partial charge in [0.25, 0.3) is 0 Å². The molecule has 0 bridgehead atoms. The third-order valence-corrected chi connectivity index (χ3v) is 6.97. The second-order valence-electron chi connectivity index (χ2n) is 7.23. The Hall–Kier alpha value is -1.86. The maximum atomic E-state index is 13.6. The van der Waals surface area contributed by atoms with Gasteiger partial charge in [0.2, 0.25) is 0 Å². The maximum absolute atomic E-state index is 13.6. The van der Waals surface area contributed by atoms with Crippen molar-refractivity contribution in [1.82, 2.24) is 15.0 Å². The number of rotatable bonds is 5. The first-order valence-corrected chi connectivity index (χ1v) is 11.1. The molecule has 3 aromatic rings. The standard InChI is InChI=1S/C20H16Cl2F3N3O4S/c21-10-2-1-9(5-11(10)22)33-20-19(31)17(18(30)15(7-29)32-20)28-6-14(26-27-28)8-3-12(23)16(25)13(24)4-8/h1-6,15,17-20,29-31H,7H2/t15?,17?,18-,19?,20+/m0/s1. The van der Waals surface area contributed by atoms with Crippen molar-refractivity contribution in [2.24, 2.45) is 0 Å². The number of aromatic nitrogens is 3. The van der Waals surface area contributed by atoms with Gasteiger partial charge in [0.1, 0.15) is 35.5 Å². The molecule has 5 atom stereocenters. The van der Waals surface area contributed by atoms with Crippen LogP contribution in [0, 0.1) is 17.5 Å². The molecule has 13 heteroatoms. The summed E-state index contributed by atoms with van der Waals surface area (Å²) in [6.07, 6.45) is -2.58. The summed E-state index contributed by atoms with van der Waals surface area (Å²) in [6, 6.07) is 5.18. The molecule has 1 fully saturated rings. The van der Waals surface area contributed by atoms with Crippen molar-refractivity contribution in [3.05, 3.63) is 64.0 Å². The van der Waals surface area contributed by atoms with E-state index in [1.165, 1.54) is 6.20 Å². The van der Waals surface area contributed by atoms with Gasteiger partial charge in [-0.05, 0) is 30.3 Å². The summed E-state index contributed by atoms with van der Waals surface area (Å²) in [6.45, 7) is -0.557. The maximum Gasteiger partial charge on any atom is 0.194 e. The molecule has 0 saturated carbocycles. The molecule has 1 aromatic heterocycles. The predicted octanol–water partition coefficient (Wildman–Crippen LogP) is 3.44. The fourth-order valence-electron chi connectivity index (χ4n) is 3.42. The van der Waals surface area contributed by atoms with Gasteiger partial charge in [-0.2, -0.15) is 0 Å². The number of hydrogen-bond acceptors (Lipinski definition) is 7. The predicted molar refractivity (Wildman–Crippen MR) is 114 cm³/mol. The van der Waals surface area contributed by atoms with E-state index in [4.69, 9.17) is 27.9 Å². The van der Waals surface area contributed by atoms with E-state index < -0.39 is 53.8 Å². The second-order valence-corrected chi connectivity index (χ2v) is 9.21. The van der Waals surface area contributed by atoms with E-state index in [-0.39, 0.29) is 11.3 Å². The largest absolute Gasteiger partial charge is 0.394 e. The molecular formula is C20H16Cl2F3N3O4S. The van der Waals surface area contributed by atoms with Crippen molar-refractivity contribution in [3.8, 4) is 11.3 Å². The molecule has 2 aromatic carbocycles. The highest BCUT2D eigenvalue weighted by molar-refractivity contribution is 7.99. The van der Waals surface area contributed by atoms with Crippen LogP contribution in [0.4, 0.5) is 13.2 Å². The zero-order valence-electron chi connectivity index (χ0n) is 16.4. The van der Waals surface area contributed by atoms with Crippen LogP contribution in [0.1, 0.15) is 6.04 Å². The summed E-state index contributed by atoms with van der Waals surface area (Å²) in [7, 11) is 0. The van der Waals surface area contributed by atoms with E-state index in [0.29, 0.717) is 14.9 Å². The molecule has 1 saturated heterocycles. The Labute approximate surface area is 199 Å². The first-order valence-electron chi connectivity index (χ1n) is 9.50. The lowest BCUT2D eigenvalue weighted by Crippen LogP contribution is -2.55. The number of aliphatic hydroxyl groups is 3. The van der Waals surface area contributed by atoms with E-state index in [9.17, 15) is 28.5 Å². The fourth-order valence-corrected chi connectivity index (χ4v) is 4.88. The normalized spacial score (nSPS) is 25.4. The lowest BCUT2D eigenvalue weighted by molar-refractivity contribution is -0.178. The van der Waals surface area contributed by atoms with Gasteiger partial charge in [-0.25, -0.2) is 17.9 Å². The Morgan fingerprint density at radius 3 is 2.36 bits per heavy atom. The average Bonchev–Trinajstić information content (AvgIpc) is 3.26. The van der Waals surface area contributed by atoms with E-state index in [1.807, 2.05) is 0 Å². The molecule has 0 spiro atoms. The summed E-state index contributed by atoms with van der Waals surface area (Å²) in [5, 5.41) is 39.6. The second kappa shape index (κ2) is 9.79. The van der Waals surface area contributed by atoms with Crippen molar-refractivity contribution in [3.63, 3.8) is 0 Å². The fraction of sp³-hybridized carbons (Fsp3) is 0.300. The van der Waals surface area contributed by atoms with Crippen molar-refractivity contribution in [2.75, 3.05) is 6.61 Å². The Bertz CT molecular complexity index is 1150. The zero-order valence-corrected chi connectivity index (χ0v) is 18.8. The van der Waals surface area contributed by atoms with Crippen LogP contribution >= 0.6 is 35.0 Å². The number of aliphatic hydroxyl groups excluding tert-OH is 3. The SMILES string of the molecule is OCC1O[C@H](Sc2ccc(Cl)c(Cl)c2)C(O)C(n2cc(-c3cc(F)c(F)c(F)c3)nn2)[C@H]1O. The van der Waals surface area contributed by atoms with Crippen molar-refractivity contribution in [2.45, 2.75) is 34.7 Å². The van der Waals surface area contributed by atoms with Gasteiger partial charge in [0.15, 0.2) is 17.5 Å². The molecule has 7 nitrogen and oxygen atoms in total. The summed E-state index contributed by atoms with van der Waals surface area (Å²) in [5.74, 6) is -4.41. The van der Waals surface area contributed by atoms with Crippen LogP contribution in [0.15, 0.2) is 41.4 Å². The van der Waals surface area contributed by atoms with Gasteiger partial charge in [-0.3, -0.25) is 0 Å². The molecule has 0 aliphatic carbocycles. The first kappa shape index (κ1) is 24.3. The van der Waals surface area contributed by atoms with Crippen molar-refractivity contribution in [1.29, 1.82) is 0 Å². The van der Waals surface area contributed by atoms with Gasteiger partial charge >= 0.3 is 0 Å². The average molecular weight is 522 g/mol. The smallest absolute Gasteiger partial charge is 0.194 e. The number of thioether (sulfide) groups is 1. The minimum Gasteiger partial charge on any atom is -0.394 e. The van der Waals surface area contributed by atoms with E-state index in [1.54, 1.807) is 18.2 Å². The van der Waals surface area contributed by atoms with Gasteiger partial charge in [-0.15, -0.1) is 5.10 Å². The summed E-state index contributed by atoms with van der Waals surface area (Å²) in [5.41, 5.74) is -1.07. The number of nitrogens with zero attached hydrogens (tertiary/aromatic N) is 3. The third-order valence-electron chi connectivity index (χ3n) is 5.09. The number of benzene rings is 2. The molecule has 1 aliphatic heterocycles. The van der Waals surface area contributed by atoms with Crippen LogP contribution in [0.25, 0.3) is 11.3 Å². The van der Waals surface area contributed by atoms with E-state index in [0.717, 1.165) is 28.6 Å². The quantitative estimate of drug-likeness (QED) is 0.442. The molecule has 3 unspecified atom stereocenters. The minimum absolute atomic E-state index is 0.0204. The van der Waals surface area contributed by atoms with Crippen LogP contribution in [0.3, 0.4) is 0 Å². The Morgan fingerprint density at radius 2 is 1.73 bits per heavy atom. The van der Waals surface area contributed by atoms with Crippen molar-refractivity contribution >= 4 is 35.0 Å². The highest BCUT2D eigenvalue weighted by Gasteiger charge is 2.46. The van der Waals surface area contributed by atoms with E-state index >= 15 is 0 Å². The lowest BCUT2D eigenvalue weighted by Gasteiger charge is -2.41. The van der Waals surface area contributed by atoms with Crippen LogP contribution in [0.5, 0.6) is 0 Å². The molecule has 0 amide bonds. The minimum atomic E-state index is -1.62. The van der Waals surface area contributed by atoms with Gasteiger partial charge < -0.3 is 20.1 Å². The Balaban J connectivity index is 1.63. The zero-order chi connectivity index (χ0) is 23.9. The molecule has 176 valence electrons. The summed E-state index contributed by atoms with van der Waals surface area (Å²) in [4.78, 5) is 0.608. The summed E-state index contributed by atoms with van der Waals surface area (Å²) < 4.78 is 47.2. The molecular weight excluding hydrogens is 506 g/mol. The highest BCUT2D eigenvalue weighted by Crippen LogP contribution is 2.39. The molecule has 2 heterocycles. The van der Waals surface area contributed by atoms with Gasteiger partial charge in [-0.1, -0.05) is 40.2 Å².